The standard InChI is InChI=1S/C20H25NO2Si/c1-20(2,3)24(16-10-6-4-7-11-16,17-12-8-5-9-13-17)23-18-14-15-21-19(18)22/h4-13,18H,14-15H2,1-3H3,(H,21,22). The Balaban J connectivity index is 2.19. The van der Waals surface area contributed by atoms with Gasteiger partial charge < -0.3 is 9.74 Å². The highest BCUT2D eigenvalue weighted by molar-refractivity contribution is 6.99. The second-order valence-corrected chi connectivity index (χ2v) is 11.6. The summed E-state index contributed by atoms with van der Waals surface area (Å²) in [5, 5.41) is 5.23. The van der Waals surface area contributed by atoms with E-state index in [1.165, 1.54) is 10.4 Å². The lowest BCUT2D eigenvalue weighted by atomic mass is 10.2. The molecule has 126 valence electrons. The van der Waals surface area contributed by atoms with Gasteiger partial charge in [-0.2, -0.15) is 0 Å². The summed E-state index contributed by atoms with van der Waals surface area (Å²) in [6, 6.07) is 20.9. The van der Waals surface area contributed by atoms with E-state index in [0.717, 1.165) is 6.42 Å². The van der Waals surface area contributed by atoms with E-state index in [4.69, 9.17) is 4.43 Å². The Hall–Kier alpha value is -1.91. The van der Waals surface area contributed by atoms with Crippen LogP contribution in [-0.4, -0.2) is 26.9 Å². The van der Waals surface area contributed by atoms with E-state index in [0.29, 0.717) is 6.54 Å². The molecular weight excluding hydrogens is 314 g/mol. The Morgan fingerprint density at radius 3 is 1.83 bits per heavy atom. The molecule has 1 fully saturated rings. The Morgan fingerprint density at radius 2 is 1.46 bits per heavy atom. The van der Waals surface area contributed by atoms with E-state index in [9.17, 15) is 4.79 Å². The number of carbonyl (C=O) groups excluding carboxylic acids is 1. The van der Waals surface area contributed by atoms with Crippen LogP contribution in [0.4, 0.5) is 0 Å². The average Bonchev–Trinajstić information content (AvgIpc) is 2.98. The minimum atomic E-state index is -2.62. The van der Waals surface area contributed by atoms with Gasteiger partial charge in [-0.05, 0) is 21.8 Å². The highest BCUT2D eigenvalue weighted by Gasteiger charge is 2.52. The smallest absolute Gasteiger partial charge is 0.262 e. The quantitative estimate of drug-likeness (QED) is 0.869. The zero-order valence-corrected chi connectivity index (χ0v) is 15.6. The molecule has 0 saturated carbocycles. The van der Waals surface area contributed by atoms with Crippen molar-refractivity contribution >= 4 is 24.6 Å². The van der Waals surface area contributed by atoms with Crippen LogP contribution in [0.5, 0.6) is 0 Å². The highest BCUT2D eigenvalue weighted by Crippen LogP contribution is 2.38. The molecule has 1 N–H and O–H groups in total. The molecule has 2 aromatic carbocycles. The largest absolute Gasteiger partial charge is 0.395 e. The van der Waals surface area contributed by atoms with Crippen LogP contribution in [0.25, 0.3) is 0 Å². The molecule has 2 aromatic rings. The summed E-state index contributed by atoms with van der Waals surface area (Å²) in [6.07, 6.45) is 0.375. The molecule has 0 spiro atoms. The maximum Gasteiger partial charge on any atom is 0.262 e. The molecule has 3 nitrogen and oxygen atoms in total. The van der Waals surface area contributed by atoms with Crippen LogP contribution >= 0.6 is 0 Å². The molecule has 1 heterocycles. The zero-order valence-electron chi connectivity index (χ0n) is 14.6. The van der Waals surface area contributed by atoms with Crippen molar-refractivity contribution in [1.29, 1.82) is 0 Å². The fraction of sp³-hybridized carbons (Fsp3) is 0.350. The third-order valence-corrected chi connectivity index (χ3v) is 9.78. The van der Waals surface area contributed by atoms with E-state index < -0.39 is 8.32 Å². The first-order valence-corrected chi connectivity index (χ1v) is 10.4. The Kier molecular flexibility index (Phi) is 4.61. The van der Waals surface area contributed by atoms with Crippen molar-refractivity contribution in [3.63, 3.8) is 0 Å². The van der Waals surface area contributed by atoms with Gasteiger partial charge in [-0.25, -0.2) is 0 Å². The molecule has 1 amide bonds. The summed E-state index contributed by atoms with van der Waals surface area (Å²) in [5.41, 5.74) is 0. The van der Waals surface area contributed by atoms with Crippen molar-refractivity contribution in [2.24, 2.45) is 0 Å². The maximum atomic E-state index is 12.2. The lowest BCUT2D eigenvalue weighted by Gasteiger charge is -2.44. The van der Waals surface area contributed by atoms with E-state index >= 15 is 0 Å². The third-order valence-electron chi connectivity index (χ3n) is 4.73. The summed E-state index contributed by atoms with van der Waals surface area (Å²) in [6.45, 7) is 7.38. The molecule has 3 rings (SSSR count). The molecule has 0 radical (unpaired) electrons. The molecule has 0 aliphatic carbocycles. The summed E-state index contributed by atoms with van der Waals surface area (Å²) in [7, 11) is -2.62. The number of hydrogen-bond donors (Lipinski definition) is 1. The second kappa shape index (κ2) is 6.53. The monoisotopic (exact) mass is 339 g/mol. The number of amides is 1. The molecule has 1 aliphatic heterocycles. The van der Waals surface area contributed by atoms with Crippen LogP contribution in [-0.2, 0) is 9.22 Å². The van der Waals surface area contributed by atoms with Gasteiger partial charge in [0, 0.05) is 6.54 Å². The predicted octanol–water partition coefficient (Wildman–Crippen LogP) is 2.45. The normalized spacial score (nSPS) is 18.5. The lowest BCUT2D eigenvalue weighted by molar-refractivity contribution is -0.125. The van der Waals surface area contributed by atoms with Crippen LogP contribution in [0, 0.1) is 0 Å². The summed E-state index contributed by atoms with van der Waals surface area (Å²) < 4.78 is 6.77. The second-order valence-electron chi connectivity index (χ2n) is 7.35. The van der Waals surface area contributed by atoms with Gasteiger partial charge in [0.25, 0.3) is 8.32 Å². The molecule has 0 bridgehead atoms. The van der Waals surface area contributed by atoms with Gasteiger partial charge in [0.05, 0.1) is 0 Å². The van der Waals surface area contributed by atoms with Crippen molar-refractivity contribution in [1.82, 2.24) is 5.32 Å². The minimum Gasteiger partial charge on any atom is -0.395 e. The first kappa shape index (κ1) is 16.9. The molecule has 4 heteroatoms. The number of nitrogens with one attached hydrogen (secondary N) is 1. The number of carbonyl (C=O) groups is 1. The molecule has 1 saturated heterocycles. The lowest BCUT2D eigenvalue weighted by Crippen LogP contribution is -2.68. The fourth-order valence-electron chi connectivity index (χ4n) is 3.59. The van der Waals surface area contributed by atoms with Gasteiger partial charge in [0.1, 0.15) is 6.10 Å². The van der Waals surface area contributed by atoms with Crippen molar-refractivity contribution < 1.29 is 9.22 Å². The van der Waals surface area contributed by atoms with E-state index in [-0.39, 0.29) is 17.0 Å². The third kappa shape index (κ3) is 2.92. The van der Waals surface area contributed by atoms with Gasteiger partial charge >= 0.3 is 0 Å². The molecule has 1 atom stereocenters. The SMILES string of the molecule is CC(C)(C)[Si](OC1CCNC1=O)(c1ccccc1)c1ccccc1. The van der Waals surface area contributed by atoms with E-state index in [2.05, 4.69) is 74.6 Å². The van der Waals surface area contributed by atoms with Gasteiger partial charge in [-0.3, -0.25) is 4.79 Å². The molecule has 1 unspecified atom stereocenters. The fourth-order valence-corrected chi connectivity index (χ4v) is 8.26. The van der Waals surface area contributed by atoms with Crippen LogP contribution in [0.3, 0.4) is 0 Å². The first-order valence-electron chi connectivity index (χ1n) is 8.52. The van der Waals surface area contributed by atoms with Gasteiger partial charge in [0.15, 0.2) is 0 Å². The highest BCUT2D eigenvalue weighted by atomic mass is 28.4. The van der Waals surface area contributed by atoms with Crippen LogP contribution in [0.2, 0.25) is 5.04 Å². The molecule has 24 heavy (non-hydrogen) atoms. The Bertz CT molecular complexity index is 655. The van der Waals surface area contributed by atoms with Crippen molar-refractivity contribution in [3.05, 3.63) is 60.7 Å². The van der Waals surface area contributed by atoms with Crippen LogP contribution in [0.15, 0.2) is 60.7 Å². The zero-order chi connectivity index (χ0) is 17.2. The Labute approximate surface area is 145 Å². The molecule has 0 aromatic heterocycles. The minimum absolute atomic E-state index is 0.0167. The van der Waals surface area contributed by atoms with Crippen LogP contribution < -0.4 is 15.7 Å². The summed E-state index contributed by atoms with van der Waals surface area (Å²) in [5.74, 6) is 0.0167. The number of benzene rings is 2. The molecular formula is C20H25NO2Si. The predicted molar refractivity (Wildman–Crippen MR) is 100 cm³/mol. The maximum absolute atomic E-state index is 12.2. The van der Waals surface area contributed by atoms with E-state index in [1.807, 2.05) is 12.1 Å². The van der Waals surface area contributed by atoms with E-state index in [1.54, 1.807) is 0 Å². The van der Waals surface area contributed by atoms with Gasteiger partial charge in [-0.1, -0.05) is 81.4 Å². The summed E-state index contributed by atoms with van der Waals surface area (Å²) in [4.78, 5) is 12.2. The topological polar surface area (TPSA) is 38.3 Å². The van der Waals surface area contributed by atoms with Crippen molar-refractivity contribution in [2.45, 2.75) is 38.3 Å². The van der Waals surface area contributed by atoms with Crippen molar-refractivity contribution in [2.75, 3.05) is 6.54 Å². The number of rotatable bonds is 4. The molecule has 1 aliphatic rings. The number of hydrogen-bond acceptors (Lipinski definition) is 2. The van der Waals surface area contributed by atoms with Crippen LogP contribution in [0.1, 0.15) is 27.2 Å². The Morgan fingerprint density at radius 1 is 0.958 bits per heavy atom. The van der Waals surface area contributed by atoms with Gasteiger partial charge in [-0.15, -0.1) is 0 Å². The summed E-state index contributed by atoms with van der Waals surface area (Å²) >= 11 is 0. The first-order chi connectivity index (χ1) is 11.4. The average molecular weight is 340 g/mol. The van der Waals surface area contributed by atoms with Gasteiger partial charge in [0.2, 0.25) is 5.91 Å². The van der Waals surface area contributed by atoms with Crippen molar-refractivity contribution in [3.8, 4) is 0 Å².